The third kappa shape index (κ3) is 3.93. The number of rotatable bonds is 4. The van der Waals surface area contributed by atoms with Crippen molar-refractivity contribution in [2.24, 2.45) is 0 Å². The standard InChI is InChI=1S/C17H20N2OS/c20-17(16-5-4-12-21-16)18-15-8-6-14(7-9-15)13-19-10-2-1-3-11-19/h4-9,12H,1-3,10-11,13H2,(H,18,20)/p+1. The lowest BCUT2D eigenvalue weighted by molar-refractivity contribution is -0.918. The summed E-state index contributed by atoms with van der Waals surface area (Å²) >= 11 is 1.46. The maximum Gasteiger partial charge on any atom is 0.265 e. The Hall–Kier alpha value is -1.65. The van der Waals surface area contributed by atoms with Crippen molar-refractivity contribution in [3.05, 3.63) is 52.2 Å². The van der Waals surface area contributed by atoms with E-state index >= 15 is 0 Å². The van der Waals surface area contributed by atoms with E-state index in [4.69, 9.17) is 0 Å². The Morgan fingerprint density at radius 3 is 2.52 bits per heavy atom. The van der Waals surface area contributed by atoms with Gasteiger partial charge in [0, 0.05) is 11.3 Å². The molecular formula is C17H21N2OS+. The highest BCUT2D eigenvalue weighted by Gasteiger charge is 2.13. The molecule has 0 unspecified atom stereocenters. The number of carbonyl (C=O) groups excluding carboxylic acids is 1. The minimum absolute atomic E-state index is 0.0283. The molecule has 21 heavy (non-hydrogen) atoms. The van der Waals surface area contributed by atoms with Gasteiger partial charge in [-0.15, -0.1) is 11.3 Å². The van der Waals surface area contributed by atoms with Gasteiger partial charge < -0.3 is 10.2 Å². The summed E-state index contributed by atoms with van der Waals surface area (Å²) in [5.41, 5.74) is 2.21. The molecule has 4 heteroatoms. The summed E-state index contributed by atoms with van der Waals surface area (Å²) < 4.78 is 0. The zero-order valence-electron chi connectivity index (χ0n) is 12.1. The van der Waals surface area contributed by atoms with Gasteiger partial charge in [0.1, 0.15) is 6.54 Å². The summed E-state index contributed by atoms with van der Waals surface area (Å²) in [7, 11) is 0. The van der Waals surface area contributed by atoms with Gasteiger partial charge in [-0.2, -0.15) is 0 Å². The number of piperidine rings is 1. The molecule has 1 aromatic carbocycles. The highest BCUT2D eigenvalue weighted by molar-refractivity contribution is 7.12. The van der Waals surface area contributed by atoms with Crippen LogP contribution in [0.2, 0.25) is 0 Å². The van der Waals surface area contributed by atoms with E-state index in [2.05, 4.69) is 17.4 Å². The Balaban J connectivity index is 1.57. The second kappa shape index (κ2) is 6.87. The number of nitrogens with one attached hydrogen (secondary N) is 2. The van der Waals surface area contributed by atoms with E-state index in [0.29, 0.717) is 0 Å². The van der Waals surface area contributed by atoms with Gasteiger partial charge in [0.15, 0.2) is 0 Å². The molecule has 110 valence electrons. The van der Waals surface area contributed by atoms with Crippen molar-refractivity contribution < 1.29 is 9.69 Å². The molecule has 3 nitrogen and oxygen atoms in total. The van der Waals surface area contributed by atoms with Crippen LogP contribution < -0.4 is 10.2 Å². The van der Waals surface area contributed by atoms with Gasteiger partial charge in [-0.25, -0.2) is 0 Å². The van der Waals surface area contributed by atoms with Crippen LogP contribution >= 0.6 is 11.3 Å². The number of amides is 1. The topological polar surface area (TPSA) is 33.5 Å². The number of anilines is 1. The average molecular weight is 301 g/mol. The van der Waals surface area contributed by atoms with Crippen LogP contribution in [-0.2, 0) is 6.54 Å². The Morgan fingerprint density at radius 2 is 1.86 bits per heavy atom. The molecule has 0 spiro atoms. The monoisotopic (exact) mass is 301 g/mol. The molecule has 1 fully saturated rings. The number of hydrogen-bond donors (Lipinski definition) is 2. The number of benzene rings is 1. The smallest absolute Gasteiger partial charge is 0.265 e. The third-order valence-corrected chi connectivity index (χ3v) is 4.84. The van der Waals surface area contributed by atoms with Crippen molar-refractivity contribution in [3.63, 3.8) is 0 Å². The predicted octanol–water partition coefficient (Wildman–Crippen LogP) is 2.57. The average Bonchev–Trinajstić information content (AvgIpc) is 3.05. The first-order valence-corrected chi connectivity index (χ1v) is 8.46. The van der Waals surface area contributed by atoms with Gasteiger partial charge in [-0.3, -0.25) is 4.79 Å². The molecule has 0 atom stereocenters. The van der Waals surface area contributed by atoms with E-state index in [1.54, 1.807) is 4.90 Å². The molecule has 2 heterocycles. The Morgan fingerprint density at radius 1 is 1.10 bits per heavy atom. The van der Waals surface area contributed by atoms with E-state index in [1.165, 1.54) is 49.3 Å². The lowest BCUT2D eigenvalue weighted by atomic mass is 10.1. The Bertz CT molecular complexity index is 571. The first-order chi connectivity index (χ1) is 10.3. The number of thiophene rings is 1. The molecular weight excluding hydrogens is 280 g/mol. The molecule has 1 aliphatic heterocycles. The quantitative estimate of drug-likeness (QED) is 0.894. The molecule has 1 amide bonds. The SMILES string of the molecule is O=C(Nc1ccc(C[NH+]2CCCCC2)cc1)c1cccs1. The van der Waals surface area contributed by atoms with Crippen LogP contribution in [0.4, 0.5) is 5.69 Å². The molecule has 2 aromatic rings. The van der Waals surface area contributed by atoms with Gasteiger partial charge in [-0.05, 0) is 42.8 Å². The number of carbonyl (C=O) groups is 1. The molecule has 0 bridgehead atoms. The van der Waals surface area contributed by atoms with Gasteiger partial charge in [0.25, 0.3) is 5.91 Å². The molecule has 2 N–H and O–H groups in total. The second-order valence-electron chi connectivity index (χ2n) is 5.62. The molecule has 0 radical (unpaired) electrons. The van der Waals surface area contributed by atoms with E-state index in [-0.39, 0.29) is 5.91 Å². The lowest BCUT2D eigenvalue weighted by Gasteiger charge is -2.23. The van der Waals surface area contributed by atoms with Crippen LogP contribution in [-0.4, -0.2) is 19.0 Å². The maximum atomic E-state index is 12.0. The molecule has 1 saturated heterocycles. The lowest BCUT2D eigenvalue weighted by Crippen LogP contribution is -3.11. The van der Waals surface area contributed by atoms with Gasteiger partial charge >= 0.3 is 0 Å². The molecule has 0 aliphatic carbocycles. The molecule has 1 aliphatic rings. The van der Waals surface area contributed by atoms with Crippen molar-refractivity contribution >= 4 is 22.9 Å². The summed E-state index contributed by atoms with van der Waals surface area (Å²) in [6, 6.07) is 12.0. The first kappa shape index (κ1) is 14.3. The number of quaternary nitrogens is 1. The van der Waals surface area contributed by atoms with Crippen molar-refractivity contribution in [2.45, 2.75) is 25.8 Å². The van der Waals surface area contributed by atoms with Crippen molar-refractivity contribution in [1.82, 2.24) is 0 Å². The van der Waals surface area contributed by atoms with E-state index in [1.807, 2.05) is 29.6 Å². The first-order valence-electron chi connectivity index (χ1n) is 7.58. The van der Waals surface area contributed by atoms with E-state index < -0.39 is 0 Å². The van der Waals surface area contributed by atoms with Gasteiger partial charge in [0.05, 0.1) is 18.0 Å². The highest BCUT2D eigenvalue weighted by atomic mass is 32.1. The number of hydrogen-bond acceptors (Lipinski definition) is 2. The van der Waals surface area contributed by atoms with Crippen molar-refractivity contribution in [2.75, 3.05) is 18.4 Å². The van der Waals surface area contributed by atoms with Gasteiger partial charge in [-0.1, -0.05) is 18.2 Å². The molecule has 0 saturated carbocycles. The molecule has 3 rings (SSSR count). The van der Waals surface area contributed by atoms with Crippen LogP contribution in [0.25, 0.3) is 0 Å². The van der Waals surface area contributed by atoms with Crippen LogP contribution in [0.1, 0.15) is 34.5 Å². The summed E-state index contributed by atoms with van der Waals surface area (Å²) in [5.74, 6) is -0.0283. The van der Waals surface area contributed by atoms with Crippen molar-refractivity contribution in [3.8, 4) is 0 Å². The fourth-order valence-electron chi connectivity index (χ4n) is 2.82. The van der Waals surface area contributed by atoms with Crippen molar-refractivity contribution in [1.29, 1.82) is 0 Å². The minimum atomic E-state index is -0.0283. The van der Waals surface area contributed by atoms with Crippen LogP contribution in [0, 0.1) is 0 Å². The van der Waals surface area contributed by atoms with Gasteiger partial charge in [0.2, 0.25) is 0 Å². The van der Waals surface area contributed by atoms with Crippen LogP contribution in [0.5, 0.6) is 0 Å². The number of likely N-dealkylation sites (tertiary alicyclic amines) is 1. The van der Waals surface area contributed by atoms with E-state index in [9.17, 15) is 4.79 Å². The minimum Gasteiger partial charge on any atom is -0.331 e. The van der Waals surface area contributed by atoms with Crippen LogP contribution in [0.15, 0.2) is 41.8 Å². The normalized spacial score (nSPS) is 15.8. The fourth-order valence-corrected chi connectivity index (χ4v) is 3.44. The second-order valence-corrected chi connectivity index (χ2v) is 6.56. The summed E-state index contributed by atoms with van der Waals surface area (Å²) in [4.78, 5) is 14.4. The van der Waals surface area contributed by atoms with Crippen LogP contribution in [0.3, 0.4) is 0 Å². The highest BCUT2D eigenvalue weighted by Crippen LogP contribution is 2.14. The fraction of sp³-hybridized carbons (Fsp3) is 0.353. The predicted molar refractivity (Wildman–Crippen MR) is 87.0 cm³/mol. The Labute approximate surface area is 129 Å². The molecule has 1 aromatic heterocycles. The maximum absolute atomic E-state index is 12.0. The summed E-state index contributed by atoms with van der Waals surface area (Å²) in [5, 5.41) is 4.86. The largest absolute Gasteiger partial charge is 0.331 e. The Kier molecular flexibility index (Phi) is 4.68. The summed E-state index contributed by atoms with van der Waals surface area (Å²) in [6.45, 7) is 3.67. The third-order valence-electron chi connectivity index (χ3n) is 3.97. The summed E-state index contributed by atoms with van der Waals surface area (Å²) in [6.07, 6.45) is 4.09. The zero-order chi connectivity index (χ0) is 14.5. The van der Waals surface area contributed by atoms with E-state index in [0.717, 1.165) is 17.1 Å². The zero-order valence-corrected chi connectivity index (χ0v) is 12.9.